The number of carboxylic acids is 1. The number of hydrogen-bond donors (Lipinski definition) is 3. The van der Waals surface area contributed by atoms with E-state index in [0.29, 0.717) is 12.8 Å². The third-order valence-electron chi connectivity index (χ3n) is 5.72. The summed E-state index contributed by atoms with van der Waals surface area (Å²) in [5, 5.41) is 15.2. The lowest BCUT2D eigenvalue weighted by Crippen LogP contribution is -2.63. The zero-order valence-electron chi connectivity index (χ0n) is 21.3. The molecule has 2 unspecified atom stereocenters. The molecule has 0 saturated heterocycles. The molecule has 0 aliphatic carbocycles. The summed E-state index contributed by atoms with van der Waals surface area (Å²) in [5.41, 5.74) is -0.371. The number of likely N-dealkylation sites (N-methyl/N-ethyl adjacent to an activating group) is 2. The van der Waals surface area contributed by atoms with Gasteiger partial charge >= 0.3 is 5.97 Å². The number of allylic oxidation sites excluding steroid dienone is 3. The number of carbonyl (C=O) groups is 3. The first-order chi connectivity index (χ1) is 14.8. The van der Waals surface area contributed by atoms with Crippen LogP contribution >= 0.6 is 0 Å². The van der Waals surface area contributed by atoms with Crippen LogP contribution in [0.3, 0.4) is 0 Å². The number of carboxylic acid groups (broad SMARTS) is 1. The monoisotopic (exact) mass is 449 g/mol. The first-order valence-corrected chi connectivity index (χ1v) is 11.3. The maximum absolute atomic E-state index is 13.6. The molecule has 0 aromatic rings. The minimum absolute atomic E-state index is 0.145. The zero-order chi connectivity index (χ0) is 25.1. The van der Waals surface area contributed by atoms with Crippen LogP contribution in [-0.4, -0.2) is 60.0 Å². The molecule has 0 saturated carbocycles. The van der Waals surface area contributed by atoms with Crippen molar-refractivity contribution in [2.75, 3.05) is 20.6 Å². The maximum atomic E-state index is 13.6. The van der Waals surface area contributed by atoms with E-state index in [4.69, 9.17) is 5.11 Å². The van der Waals surface area contributed by atoms with Crippen LogP contribution in [0.4, 0.5) is 0 Å². The number of amides is 2. The largest absolute Gasteiger partial charge is 0.478 e. The Morgan fingerprint density at radius 3 is 2.12 bits per heavy atom. The first kappa shape index (κ1) is 29.6. The van der Waals surface area contributed by atoms with E-state index in [1.165, 1.54) is 17.9 Å². The van der Waals surface area contributed by atoms with Crippen LogP contribution in [0.1, 0.15) is 67.7 Å². The van der Waals surface area contributed by atoms with Gasteiger partial charge in [-0.2, -0.15) is 0 Å². The fourth-order valence-corrected chi connectivity index (χ4v) is 3.44. The fraction of sp³-hybridized carbons (Fsp3) is 0.640. The Labute approximate surface area is 194 Å². The van der Waals surface area contributed by atoms with Crippen LogP contribution in [0.5, 0.6) is 0 Å². The molecule has 0 aromatic heterocycles. The van der Waals surface area contributed by atoms with Gasteiger partial charge in [0.1, 0.15) is 11.6 Å². The molecule has 0 spiro atoms. The molecule has 0 aliphatic heterocycles. The summed E-state index contributed by atoms with van der Waals surface area (Å²) in [7, 11) is 3.37. The van der Waals surface area contributed by atoms with Crippen LogP contribution in [0.25, 0.3) is 0 Å². The van der Waals surface area contributed by atoms with Crippen molar-refractivity contribution >= 4 is 17.8 Å². The van der Waals surface area contributed by atoms with Gasteiger partial charge in [0.25, 0.3) is 0 Å². The van der Waals surface area contributed by atoms with Crippen molar-refractivity contribution in [3.8, 4) is 0 Å². The molecule has 2 amide bonds. The molecular formula is C25H43N3O4. The molecule has 7 nitrogen and oxygen atoms in total. The van der Waals surface area contributed by atoms with Crippen LogP contribution in [0.2, 0.25) is 0 Å². The van der Waals surface area contributed by atoms with Crippen molar-refractivity contribution in [1.82, 2.24) is 15.5 Å². The second kappa shape index (κ2) is 13.2. The molecule has 0 aliphatic rings. The molecule has 3 N–H and O–H groups in total. The van der Waals surface area contributed by atoms with Gasteiger partial charge < -0.3 is 20.6 Å². The highest BCUT2D eigenvalue weighted by Crippen LogP contribution is 2.27. The molecule has 0 rings (SSSR count). The highest BCUT2D eigenvalue weighted by atomic mass is 16.4. The van der Waals surface area contributed by atoms with Gasteiger partial charge in [-0.05, 0) is 44.2 Å². The zero-order valence-corrected chi connectivity index (χ0v) is 21.3. The average molecular weight is 450 g/mol. The SMILES string of the molecule is CC/C=C\C=C(/CC)C(CC)(NC)C(=O)NC(C(=O)N(C)C/C=C(\C)C(=O)O)C(C)(C)C. The number of nitrogens with one attached hydrogen (secondary N) is 2. The van der Waals surface area contributed by atoms with Crippen molar-refractivity contribution in [3.63, 3.8) is 0 Å². The number of aliphatic carboxylic acids is 1. The summed E-state index contributed by atoms with van der Waals surface area (Å²) < 4.78 is 0. The van der Waals surface area contributed by atoms with E-state index in [-0.39, 0.29) is 23.9 Å². The van der Waals surface area contributed by atoms with Gasteiger partial charge in [0, 0.05) is 19.2 Å². The van der Waals surface area contributed by atoms with Gasteiger partial charge in [-0.25, -0.2) is 4.79 Å². The van der Waals surface area contributed by atoms with E-state index in [1.807, 2.05) is 52.8 Å². The maximum Gasteiger partial charge on any atom is 0.331 e. The van der Waals surface area contributed by atoms with Gasteiger partial charge in [-0.3, -0.25) is 9.59 Å². The highest BCUT2D eigenvalue weighted by Gasteiger charge is 2.42. The molecule has 0 fully saturated rings. The van der Waals surface area contributed by atoms with E-state index in [1.54, 1.807) is 14.1 Å². The van der Waals surface area contributed by atoms with Crippen LogP contribution in [-0.2, 0) is 14.4 Å². The average Bonchev–Trinajstić information content (AvgIpc) is 2.73. The smallest absolute Gasteiger partial charge is 0.331 e. The minimum atomic E-state index is -1.02. The summed E-state index contributed by atoms with van der Waals surface area (Å²) in [5.74, 6) is -1.54. The normalized spacial score (nSPS) is 15.9. The molecule has 0 heterocycles. The minimum Gasteiger partial charge on any atom is -0.478 e. The third kappa shape index (κ3) is 7.93. The number of carbonyl (C=O) groups excluding carboxylic acids is 2. The molecule has 7 heteroatoms. The third-order valence-corrected chi connectivity index (χ3v) is 5.72. The topological polar surface area (TPSA) is 98.7 Å². The highest BCUT2D eigenvalue weighted by molar-refractivity contribution is 5.95. The predicted octanol–water partition coefficient (Wildman–Crippen LogP) is 3.68. The van der Waals surface area contributed by atoms with Gasteiger partial charge in [0.2, 0.25) is 11.8 Å². The molecule has 182 valence electrons. The molecular weight excluding hydrogens is 406 g/mol. The van der Waals surface area contributed by atoms with Gasteiger partial charge in [0.15, 0.2) is 0 Å². The van der Waals surface area contributed by atoms with E-state index in [9.17, 15) is 14.4 Å². The van der Waals surface area contributed by atoms with Crippen LogP contribution < -0.4 is 10.6 Å². The molecule has 0 bridgehead atoms. The summed E-state index contributed by atoms with van der Waals surface area (Å²) in [6.45, 7) is 13.3. The fourth-order valence-electron chi connectivity index (χ4n) is 3.44. The summed E-state index contributed by atoms with van der Waals surface area (Å²) >= 11 is 0. The summed E-state index contributed by atoms with van der Waals surface area (Å²) in [4.78, 5) is 39.3. The van der Waals surface area contributed by atoms with Gasteiger partial charge in [-0.1, -0.05) is 65.8 Å². The van der Waals surface area contributed by atoms with E-state index in [0.717, 1.165) is 12.0 Å². The molecule has 2 atom stereocenters. The van der Waals surface area contributed by atoms with Crippen molar-refractivity contribution in [3.05, 3.63) is 35.5 Å². The lowest BCUT2D eigenvalue weighted by molar-refractivity contribution is -0.139. The number of hydrogen-bond acceptors (Lipinski definition) is 4. The van der Waals surface area contributed by atoms with E-state index in [2.05, 4.69) is 17.6 Å². The Balaban J connectivity index is 6.00. The van der Waals surface area contributed by atoms with Crippen LogP contribution in [0.15, 0.2) is 35.5 Å². The summed E-state index contributed by atoms with van der Waals surface area (Å²) in [6, 6.07) is -0.776. The lowest BCUT2D eigenvalue weighted by Gasteiger charge is -2.39. The summed E-state index contributed by atoms with van der Waals surface area (Å²) in [6.07, 6.45) is 9.57. The van der Waals surface area contributed by atoms with Crippen molar-refractivity contribution in [2.24, 2.45) is 5.41 Å². The Morgan fingerprint density at radius 1 is 1.12 bits per heavy atom. The van der Waals surface area contributed by atoms with Gasteiger partial charge in [0.05, 0.1) is 0 Å². The Kier molecular flexibility index (Phi) is 12.2. The Hall–Kier alpha value is -2.41. The number of nitrogens with zero attached hydrogens (tertiary/aromatic N) is 1. The lowest BCUT2D eigenvalue weighted by atomic mass is 9.81. The van der Waals surface area contributed by atoms with Crippen molar-refractivity contribution < 1.29 is 19.5 Å². The Morgan fingerprint density at radius 2 is 1.72 bits per heavy atom. The number of rotatable bonds is 12. The van der Waals surface area contributed by atoms with Crippen molar-refractivity contribution in [2.45, 2.75) is 79.3 Å². The Bertz CT molecular complexity index is 741. The molecule has 0 aromatic carbocycles. The van der Waals surface area contributed by atoms with Gasteiger partial charge in [-0.15, -0.1) is 0 Å². The van der Waals surface area contributed by atoms with Crippen molar-refractivity contribution in [1.29, 1.82) is 0 Å². The van der Waals surface area contributed by atoms with E-state index < -0.39 is 23.0 Å². The molecule has 0 radical (unpaired) electrons. The van der Waals surface area contributed by atoms with E-state index >= 15 is 0 Å². The second-order valence-corrected chi connectivity index (χ2v) is 9.07. The first-order valence-electron chi connectivity index (χ1n) is 11.3. The second-order valence-electron chi connectivity index (χ2n) is 9.07. The molecule has 32 heavy (non-hydrogen) atoms. The standard InChI is InChI=1S/C25H43N3O4/c1-10-13-14-15-19(11-2)25(12-3,26-8)23(32)27-20(24(5,6)7)21(29)28(9)17-16-18(4)22(30)31/h13-16,20,26H,10-12,17H2,1-9H3,(H,27,32)(H,30,31)/b14-13-,18-16+,19-15+. The van der Waals surface area contributed by atoms with Crippen LogP contribution in [0, 0.1) is 5.41 Å². The quantitative estimate of drug-likeness (QED) is 0.312. The predicted molar refractivity (Wildman–Crippen MR) is 130 cm³/mol.